The van der Waals surface area contributed by atoms with Crippen molar-refractivity contribution in [1.29, 1.82) is 0 Å². The van der Waals surface area contributed by atoms with Gasteiger partial charge in [-0.15, -0.1) is 0 Å². The summed E-state index contributed by atoms with van der Waals surface area (Å²) in [5.74, 6) is -6.73. The zero-order valence-corrected chi connectivity index (χ0v) is 35.0. The van der Waals surface area contributed by atoms with Crippen molar-refractivity contribution in [2.75, 3.05) is 19.8 Å². The van der Waals surface area contributed by atoms with E-state index in [1.165, 1.54) is 4.90 Å². The minimum atomic E-state index is -4.44. The summed E-state index contributed by atoms with van der Waals surface area (Å²) in [5.41, 5.74) is -3.97. The van der Waals surface area contributed by atoms with Crippen molar-refractivity contribution in [2.45, 2.75) is 126 Å². The Kier molecular flexibility index (Phi) is 12.3. The van der Waals surface area contributed by atoms with Crippen LogP contribution in [0.5, 0.6) is 11.8 Å². The lowest BCUT2D eigenvalue weighted by atomic mass is 9.88. The molecule has 0 radical (unpaired) electrons. The Bertz CT molecular complexity index is 2090. The summed E-state index contributed by atoms with van der Waals surface area (Å²) < 4.78 is 86.7. The molecule has 2 saturated carbocycles. The van der Waals surface area contributed by atoms with Gasteiger partial charge in [0, 0.05) is 30.7 Å². The Hall–Kier alpha value is -4.61. The first-order valence-electron chi connectivity index (χ1n) is 20.1. The number of ether oxygens (including phenoxy) is 3. The SMILES string of the molecule is CCOc1cc2ccccc2c(O[C@@H]2C[C@H]3C(=O)N[C@]4(C(=O)NS(=O)(=O)C5(CF)CC5)C[C@H]4/C=C\CC[C@H](C)C[C@@H](C)[C@H](NC(=O)OC(C)(C)C(C)(F)F)C(=O)N3C2)n1. The Morgan fingerprint density at radius 2 is 1.81 bits per heavy atom. The van der Waals surface area contributed by atoms with Gasteiger partial charge in [-0.2, -0.15) is 4.98 Å². The van der Waals surface area contributed by atoms with Crippen molar-refractivity contribution in [3.05, 3.63) is 42.5 Å². The summed E-state index contributed by atoms with van der Waals surface area (Å²) in [7, 11) is -4.44. The number of fused-ring (bicyclic) bond motifs is 3. The number of hydrogen-bond donors (Lipinski definition) is 3. The number of alkyl halides is 3. The third-order valence-electron chi connectivity index (χ3n) is 12.2. The van der Waals surface area contributed by atoms with Crippen LogP contribution in [0.2, 0.25) is 0 Å². The van der Waals surface area contributed by atoms with Crippen LogP contribution < -0.4 is 24.8 Å². The summed E-state index contributed by atoms with van der Waals surface area (Å²) in [6.45, 7) is 7.16. The lowest BCUT2D eigenvalue weighted by molar-refractivity contribution is -0.152. The fourth-order valence-corrected chi connectivity index (χ4v) is 9.27. The second-order valence-electron chi connectivity index (χ2n) is 17.2. The molecule has 6 rings (SSSR count). The summed E-state index contributed by atoms with van der Waals surface area (Å²) in [6, 6.07) is 6.34. The minimum Gasteiger partial charge on any atom is -0.478 e. The maximum absolute atomic E-state index is 14.8. The van der Waals surface area contributed by atoms with Crippen LogP contribution >= 0.6 is 0 Å². The molecule has 4 amide bonds. The number of benzene rings is 1. The normalized spacial score (nSPS) is 29.1. The largest absolute Gasteiger partial charge is 0.478 e. The molecular formula is C41H54F3N5O9S. The van der Waals surface area contributed by atoms with Gasteiger partial charge in [0.15, 0.2) is 5.60 Å². The average molecular weight is 850 g/mol. The first-order valence-corrected chi connectivity index (χ1v) is 21.6. The van der Waals surface area contributed by atoms with Crippen LogP contribution in [0, 0.1) is 17.8 Å². The molecule has 2 aromatic rings. The van der Waals surface area contributed by atoms with Crippen LogP contribution in [-0.2, 0) is 29.1 Å². The van der Waals surface area contributed by atoms with Gasteiger partial charge in [0.2, 0.25) is 33.6 Å². The maximum atomic E-state index is 14.8. The number of allylic oxidation sites excluding steroid dienone is 1. The molecule has 7 atom stereocenters. The Morgan fingerprint density at radius 1 is 1.10 bits per heavy atom. The van der Waals surface area contributed by atoms with Crippen LogP contribution in [0.3, 0.4) is 0 Å². The Balaban J connectivity index is 1.36. The van der Waals surface area contributed by atoms with Gasteiger partial charge in [0.05, 0.1) is 13.2 Å². The van der Waals surface area contributed by atoms with Crippen molar-refractivity contribution in [1.82, 2.24) is 25.2 Å². The van der Waals surface area contributed by atoms with Crippen molar-refractivity contribution < 1.29 is 55.0 Å². The molecule has 3 fully saturated rings. The van der Waals surface area contributed by atoms with Crippen LogP contribution in [-0.4, -0.2) is 102 Å². The Labute approximate surface area is 342 Å². The van der Waals surface area contributed by atoms with E-state index >= 15 is 0 Å². The summed E-state index contributed by atoms with van der Waals surface area (Å²) in [5, 5.41) is 6.67. The molecule has 18 heteroatoms. The number of carbonyl (C=O) groups is 4. The summed E-state index contributed by atoms with van der Waals surface area (Å²) in [4.78, 5) is 62.4. The van der Waals surface area contributed by atoms with Crippen LogP contribution in [0.4, 0.5) is 18.0 Å². The molecule has 1 saturated heterocycles. The lowest BCUT2D eigenvalue weighted by Gasteiger charge is -2.35. The van der Waals surface area contributed by atoms with Gasteiger partial charge in [0.25, 0.3) is 11.8 Å². The molecule has 0 bridgehead atoms. The van der Waals surface area contributed by atoms with E-state index in [0.717, 1.165) is 19.2 Å². The highest BCUT2D eigenvalue weighted by Crippen LogP contribution is 2.48. The maximum Gasteiger partial charge on any atom is 0.408 e. The van der Waals surface area contributed by atoms with E-state index < -0.39 is 92.3 Å². The highest BCUT2D eigenvalue weighted by atomic mass is 32.2. The molecular weight excluding hydrogens is 796 g/mol. The number of rotatable bonds is 11. The molecule has 324 valence electrons. The fourth-order valence-electron chi connectivity index (χ4n) is 7.84. The zero-order valence-electron chi connectivity index (χ0n) is 34.2. The zero-order chi connectivity index (χ0) is 43.1. The smallest absolute Gasteiger partial charge is 0.408 e. The van der Waals surface area contributed by atoms with E-state index in [1.54, 1.807) is 38.1 Å². The first-order chi connectivity index (χ1) is 27.7. The van der Waals surface area contributed by atoms with Crippen molar-refractivity contribution in [3.8, 4) is 11.8 Å². The molecule has 0 unspecified atom stereocenters. The van der Waals surface area contributed by atoms with Gasteiger partial charge in [0.1, 0.15) is 35.1 Å². The molecule has 1 aromatic carbocycles. The molecule has 2 aliphatic carbocycles. The molecule has 0 spiro atoms. The van der Waals surface area contributed by atoms with Crippen LogP contribution in [0.1, 0.15) is 86.5 Å². The number of alkyl carbamates (subject to hydrolysis) is 1. The van der Waals surface area contributed by atoms with E-state index in [2.05, 4.69) is 15.6 Å². The van der Waals surface area contributed by atoms with Gasteiger partial charge in [-0.1, -0.05) is 44.2 Å². The number of halogens is 3. The van der Waals surface area contributed by atoms with E-state index in [1.807, 2.05) is 29.9 Å². The quantitative estimate of drug-likeness (QED) is 0.250. The summed E-state index contributed by atoms with van der Waals surface area (Å²) in [6.07, 6.45) is 3.04. The third kappa shape index (κ3) is 9.11. The van der Waals surface area contributed by atoms with Gasteiger partial charge in [-0.3, -0.25) is 19.1 Å². The monoisotopic (exact) mass is 849 g/mol. The molecule has 4 aliphatic rings. The second kappa shape index (κ2) is 16.4. The number of nitrogens with zero attached hydrogens (tertiary/aromatic N) is 2. The fraction of sp³-hybridized carbons (Fsp3) is 0.634. The molecule has 14 nitrogen and oxygen atoms in total. The number of nitrogens with one attached hydrogen (secondary N) is 3. The topological polar surface area (TPSA) is 182 Å². The Morgan fingerprint density at radius 3 is 2.47 bits per heavy atom. The van der Waals surface area contributed by atoms with Gasteiger partial charge in [-0.25, -0.2) is 26.4 Å². The highest BCUT2D eigenvalue weighted by molar-refractivity contribution is 7.91. The average Bonchev–Trinajstić information content (AvgIpc) is 4.06. The second-order valence-corrected chi connectivity index (χ2v) is 19.2. The van der Waals surface area contributed by atoms with Crippen LogP contribution in [0.15, 0.2) is 42.5 Å². The molecule has 2 aliphatic heterocycles. The van der Waals surface area contributed by atoms with E-state index in [0.29, 0.717) is 38.2 Å². The molecule has 3 heterocycles. The summed E-state index contributed by atoms with van der Waals surface area (Å²) >= 11 is 0. The molecule has 59 heavy (non-hydrogen) atoms. The lowest BCUT2D eigenvalue weighted by Crippen LogP contribution is -2.60. The van der Waals surface area contributed by atoms with E-state index in [9.17, 15) is 40.8 Å². The van der Waals surface area contributed by atoms with Gasteiger partial charge < -0.3 is 29.7 Å². The number of carbonyl (C=O) groups excluding carboxylic acids is 4. The molecule has 1 aromatic heterocycles. The highest BCUT2D eigenvalue weighted by Gasteiger charge is 2.64. The van der Waals surface area contributed by atoms with Crippen LogP contribution in [0.25, 0.3) is 10.8 Å². The number of sulfonamides is 1. The predicted octanol–water partition coefficient (Wildman–Crippen LogP) is 5.35. The van der Waals surface area contributed by atoms with E-state index in [4.69, 9.17) is 14.2 Å². The molecule has 3 N–H and O–H groups in total. The number of hydrogen-bond acceptors (Lipinski definition) is 10. The number of pyridine rings is 1. The predicted molar refractivity (Wildman–Crippen MR) is 211 cm³/mol. The third-order valence-corrected chi connectivity index (χ3v) is 14.3. The van der Waals surface area contributed by atoms with Crippen molar-refractivity contribution in [2.24, 2.45) is 17.8 Å². The number of amides is 4. The number of aromatic nitrogens is 1. The van der Waals surface area contributed by atoms with Gasteiger partial charge in [-0.05, 0) is 82.6 Å². The first kappa shape index (κ1) is 44.0. The van der Waals surface area contributed by atoms with Gasteiger partial charge >= 0.3 is 6.09 Å². The van der Waals surface area contributed by atoms with E-state index in [-0.39, 0.29) is 49.9 Å². The minimum absolute atomic E-state index is 0.0145. The van der Waals surface area contributed by atoms with Crippen molar-refractivity contribution in [3.63, 3.8) is 0 Å². The van der Waals surface area contributed by atoms with Crippen molar-refractivity contribution >= 4 is 44.6 Å². The standard InChI is InChI=1S/C41H54F3N5O9S/c1-7-56-31-19-26-13-9-11-15-29(26)34(45-31)57-28-20-30-33(50)47-41(36(52)48-59(54,55)40(23-42)16-17-40)21-27(41)14-10-8-12-24(2)18-25(3)32(35(51)49(30)22-28)46-37(53)58-38(4,5)39(6,43)44/h9-11,13-15,19,24-25,27-28,30,32H,7-8,12,16-18,20-23H2,1-6H3,(H,46,53)(H,47,50)(H,48,52)/b14-10-/t24-,25+,27+,28+,30-,32-,41+/m0/s1.